The van der Waals surface area contributed by atoms with Gasteiger partial charge in [-0.15, -0.1) is 0 Å². The molecule has 1 aromatic rings. The quantitative estimate of drug-likeness (QED) is 0.541. The predicted octanol–water partition coefficient (Wildman–Crippen LogP) is 3.07. The van der Waals surface area contributed by atoms with E-state index >= 15 is 0 Å². The van der Waals surface area contributed by atoms with Crippen LogP contribution in [0.4, 0.5) is 4.79 Å². The minimum absolute atomic E-state index is 0.0211. The van der Waals surface area contributed by atoms with Crippen LogP contribution in [0.5, 0.6) is 0 Å². The first-order valence-corrected chi connectivity index (χ1v) is 9.78. The summed E-state index contributed by atoms with van der Waals surface area (Å²) in [7, 11) is 0. The highest BCUT2D eigenvalue weighted by atomic mass is 32.2. The molecule has 2 heterocycles. The van der Waals surface area contributed by atoms with Crippen LogP contribution in [0.15, 0.2) is 37.7 Å². The molecule has 0 unspecified atom stereocenters. The smallest absolute Gasteiger partial charge is 0.481 e. The van der Waals surface area contributed by atoms with Crippen LogP contribution in [0.25, 0.3) is 0 Å². The Morgan fingerprint density at radius 3 is 2.32 bits per heavy atom. The van der Waals surface area contributed by atoms with Gasteiger partial charge in [-0.2, -0.15) is 0 Å². The van der Waals surface area contributed by atoms with Gasteiger partial charge in [0.05, 0.1) is 12.3 Å². The third kappa shape index (κ3) is 6.67. The van der Waals surface area contributed by atoms with Gasteiger partial charge in [-0.25, -0.2) is 9.59 Å². The predicted molar refractivity (Wildman–Crippen MR) is 105 cm³/mol. The van der Waals surface area contributed by atoms with Gasteiger partial charge in [0.1, 0.15) is 5.76 Å². The van der Waals surface area contributed by atoms with Gasteiger partial charge >= 0.3 is 23.1 Å². The Bertz CT molecular complexity index is 966. The fourth-order valence-corrected chi connectivity index (χ4v) is 3.41. The van der Waals surface area contributed by atoms with Crippen LogP contribution >= 0.6 is 11.8 Å². The zero-order valence-electron chi connectivity index (χ0n) is 17.3. The van der Waals surface area contributed by atoms with E-state index in [0.29, 0.717) is 17.5 Å². The van der Waals surface area contributed by atoms with E-state index in [4.69, 9.17) is 23.4 Å². The average Bonchev–Trinajstić information content (AvgIpc) is 3.14. The standard InChI is InChI=1S/C19H22O11S/c1-9-13(29-11(3)27-9)8-26-18(24)31-19(4,5)12(16(21)22)6-15(20)25-7-14-10(2)28-17(23)30-14/h12H,3,6-8H2,1-2,4-5H3,(H,21,22)/t12-/m0/s1. The number of allylic oxidation sites excluding steroid dienone is 1. The largest absolute Gasteiger partial charge is 0.519 e. The average molecular weight is 458 g/mol. The zero-order valence-corrected chi connectivity index (χ0v) is 18.2. The SMILES string of the molecule is C=C1OC(C)=C(COC(=O)SC(C)(C)[C@@H](CC(=O)OCc2oc(=O)oc2C)C(=O)O)O1. The number of hydrogen-bond acceptors (Lipinski definition) is 11. The second-order valence-electron chi connectivity index (χ2n) is 6.99. The van der Waals surface area contributed by atoms with Crippen LogP contribution in [0.1, 0.15) is 38.7 Å². The lowest BCUT2D eigenvalue weighted by atomic mass is 9.92. The van der Waals surface area contributed by atoms with Crippen molar-refractivity contribution < 1.29 is 47.3 Å². The first kappa shape index (κ1) is 24.1. The van der Waals surface area contributed by atoms with Crippen molar-refractivity contribution in [1.82, 2.24) is 0 Å². The number of carboxylic acids is 1. The molecular weight excluding hydrogens is 436 g/mol. The molecule has 11 nitrogen and oxygen atoms in total. The van der Waals surface area contributed by atoms with Gasteiger partial charge in [-0.1, -0.05) is 0 Å². The number of carbonyl (C=O) groups excluding carboxylic acids is 2. The molecule has 0 aliphatic carbocycles. The summed E-state index contributed by atoms with van der Waals surface area (Å²) in [5.41, 5.74) is 0. The Labute approximate surface area is 181 Å². The summed E-state index contributed by atoms with van der Waals surface area (Å²) in [4.78, 5) is 47.1. The maximum atomic E-state index is 12.2. The lowest BCUT2D eigenvalue weighted by Crippen LogP contribution is -2.37. The molecule has 0 radical (unpaired) electrons. The van der Waals surface area contributed by atoms with E-state index in [1.807, 2.05) is 0 Å². The second-order valence-corrected chi connectivity index (χ2v) is 8.58. The van der Waals surface area contributed by atoms with Gasteiger partial charge in [0.25, 0.3) is 5.95 Å². The molecule has 0 amide bonds. The Balaban J connectivity index is 1.92. The van der Waals surface area contributed by atoms with Crippen molar-refractivity contribution in [2.75, 3.05) is 6.61 Å². The molecule has 0 bridgehead atoms. The highest BCUT2D eigenvalue weighted by Crippen LogP contribution is 2.37. The van der Waals surface area contributed by atoms with Crippen molar-refractivity contribution in [2.45, 2.75) is 45.5 Å². The first-order valence-electron chi connectivity index (χ1n) is 8.97. The van der Waals surface area contributed by atoms with Crippen LogP contribution in [-0.4, -0.2) is 33.7 Å². The Morgan fingerprint density at radius 1 is 1.13 bits per heavy atom. The number of esters is 1. The molecule has 170 valence electrons. The number of rotatable bonds is 9. The molecule has 1 N–H and O–H groups in total. The number of ether oxygens (including phenoxy) is 4. The Hall–Kier alpha value is -3.15. The molecule has 0 aromatic carbocycles. The summed E-state index contributed by atoms with van der Waals surface area (Å²) in [6.45, 7) is 8.92. The minimum Gasteiger partial charge on any atom is -0.481 e. The first-order chi connectivity index (χ1) is 14.4. The maximum absolute atomic E-state index is 12.2. The molecule has 1 atom stereocenters. The van der Waals surface area contributed by atoms with Crippen LogP contribution in [0.3, 0.4) is 0 Å². The van der Waals surface area contributed by atoms with Crippen molar-refractivity contribution in [3.8, 4) is 0 Å². The normalized spacial score (nSPS) is 14.6. The minimum atomic E-state index is -1.30. The maximum Gasteiger partial charge on any atom is 0.519 e. The molecule has 1 aliphatic heterocycles. The molecule has 0 spiro atoms. The second kappa shape index (κ2) is 9.77. The number of carboxylic acid groups (broad SMARTS) is 1. The number of carbonyl (C=O) groups is 3. The van der Waals surface area contributed by atoms with Gasteiger partial charge < -0.3 is 32.9 Å². The van der Waals surface area contributed by atoms with E-state index in [0.717, 1.165) is 0 Å². The summed E-state index contributed by atoms with van der Waals surface area (Å²) in [6, 6.07) is 0. The van der Waals surface area contributed by atoms with E-state index in [1.54, 1.807) is 6.92 Å². The van der Waals surface area contributed by atoms with Crippen molar-refractivity contribution >= 4 is 29.0 Å². The zero-order chi connectivity index (χ0) is 23.3. The molecule has 0 fully saturated rings. The van der Waals surface area contributed by atoms with E-state index in [1.165, 1.54) is 20.8 Å². The summed E-state index contributed by atoms with van der Waals surface area (Å²) in [5, 5.41) is 8.81. The van der Waals surface area contributed by atoms with Crippen LogP contribution in [0.2, 0.25) is 0 Å². The number of hydrogen-bond donors (Lipinski definition) is 1. The van der Waals surface area contributed by atoms with Crippen LogP contribution in [0, 0.1) is 12.8 Å². The molecule has 12 heteroatoms. The van der Waals surface area contributed by atoms with Gasteiger partial charge in [0.15, 0.2) is 30.5 Å². The van der Waals surface area contributed by atoms with Crippen LogP contribution in [-0.2, 0) is 35.1 Å². The van der Waals surface area contributed by atoms with Gasteiger partial charge in [-0.3, -0.25) is 9.59 Å². The lowest BCUT2D eigenvalue weighted by Gasteiger charge is -2.28. The number of thioether (sulfide) groups is 1. The van der Waals surface area contributed by atoms with E-state index in [9.17, 15) is 24.3 Å². The highest BCUT2D eigenvalue weighted by molar-refractivity contribution is 8.14. The highest BCUT2D eigenvalue weighted by Gasteiger charge is 2.40. The van der Waals surface area contributed by atoms with Crippen molar-refractivity contribution in [3.63, 3.8) is 0 Å². The van der Waals surface area contributed by atoms with Crippen molar-refractivity contribution in [3.05, 3.63) is 46.2 Å². The van der Waals surface area contributed by atoms with E-state index in [2.05, 4.69) is 11.0 Å². The van der Waals surface area contributed by atoms with E-state index < -0.39 is 40.1 Å². The Morgan fingerprint density at radius 2 is 1.81 bits per heavy atom. The molecule has 1 aliphatic rings. The fraction of sp³-hybridized carbons (Fsp3) is 0.474. The molecule has 0 saturated carbocycles. The molecule has 31 heavy (non-hydrogen) atoms. The third-order valence-corrected chi connectivity index (χ3v) is 5.37. The van der Waals surface area contributed by atoms with Crippen molar-refractivity contribution in [1.29, 1.82) is 0 Å². The van der Waals surface area contributed by atoms with Gasteiger partial charge in [0, 0.05) is 4.75 Å². The third-order valence-electron chi connectivity index (χ3n) is 4.27. The summed E-state index contributed by atoms with van der Waals surface area (Å²) in [6.07, 6.45) is -0.523. The number of aryl methyl sites for hydroxylation is 1. The lowest BCUT2D eigenvalue weighted by molar-refractivity contribution is -0.153. The van der Waals surface area contributed by atoms with Crippen LogP contribution < -0.4 is 5.82 Å². The van der Waals surface area contributed by atoms with Crippen molar-refractivity contribution in [2.24, 2.45) is 5.92 Å². The molecule has 0 saturated heterocycles. The summed E-state index contributed by atoms with van der Waals surface area (Å²) < 4.78 is 28.5. The number of aliphatic carboxylic acids is 1. The van der Waals surface area contributed by atoms with E-state index in [-0.39, 0.29) is 36.4 Å². The topological polar surface area (TPSA) is 152 Å². The molecular formula is C19H22O11S. The monoisotopic (exact) mass is 458 g/mol. The summed E-state index contributed by atoms with van der Waals surface area (Å²) in [5.74, 6) is -3.46. The Kier molecular flexibility index (Phi) is 7.60. The van der Waals surface area contributed by atoms with Gasteiger partial charge in [0.2, 0.25) is 0 Å². The molecule has 2 rings (SSSR count). The molecule has 1 aromatic heterocycles. The van der Waals surface area contributed by atoms with Gasteiger partial charge in [-0.05, 0) is 46.0 Å². The summed E-state index contributed by atoms with van der Waals surface area (Å²) >= 11 is 0.620. The fourth-order valence-electron chi connectivity index (χ4n) is 2.54.